The highest BCUT2D eigenvalue weighted by molar-refractivity contribution is 9.10. The van der Waals surface area contributed by atoms with Crippen molar-refractivity contribution in [3.8, 4) is 0 Å². The lowest BCUT2D eigenvalue weighted by molar-refractivity contribution is 0.158. The molecule has 0 spiro atoms. The Morgan fingerprint density at radius 3 is 2.70 bits per heavy atom. The molecule has 0 atom stereocenters. The van der Waals surface area contributed by atoms with E-state index in [1.165, 1.54) is 4.68 Å². The molecule has 0 unspecified atom stereocenters. The van der Waals surface area contributed by atoms with Gasteiger partial charge in [0.1, 0.15) is 4.47 Å². The van der Waals surface area contributed by atoms with Gasteiger partial charge in [0.2, 0.25) is 0 Å². The van der Waals surface area contributed by atoms with E-state index in [0.29, 0.717) is 11.0 Å². The molecule has 1 aromatic heterocycles. The molecule has 0 aliphatic carbocycles. The summed E-state index contributed by atoms with van der Waals surface area (Å²) in [6, 6.07) is 0. The fraction of sp³-hybridized carbons (Fsp3) is 0.692. The summed E-state index contributed by atoms with van der Waals surface area (Å²) in [6.07, 6.45) is 1.71. The quantitative estimate of drug-likeness (QED) is 0.852. The maximum absolute atomic E-state index is 11.9. The maximum atomic E-state index is 11.9. The Kier molecular flexibility index (Phi) is 5.56. The van der Waals surface area contributed by atoms with Crippen molar-refractivity contribution >= 4 is 21.6 Å². The minimum absolute atomic E-state index is 0.0860. The smallest absolute Gasteiger partial charge is 0.283 e. The molecular weight excluding hydrogens is 322 g/mol. The second-order valence-corrected chi connectivity index (χ2v) is 5.86. The predicted molar refractivity (Wildman–Crippen MR) is 84.3 cm³/mol. The first kappa shape index (κ1) is 15.5. The van der Waals surface area contributed by atoms with Crippen LogP contribution in [0.15, 0.2) is 15.5 Å². The first-order valence-electron chi connectivity index (χ1n) is 7.02. The van der Waals surface area contributed by atoms with E-state index in [1.807, 2.05) is 6.92 Å². The summed E-state index contributed by atoms with van der Waals surface area (Å²) in [7, 11) is 2.15. The Balaban J connectivity index is 1.85. The molecular formula is C13H22BrN5O. The Morgan fingerprint density at radius 1 is 1.35 bits per heavy atom. The van der Waals surface area contributed by atoms with Crippen molar-refractivity contribution in [2.45, 2.75) is 13.5 Å². The number of aromatic nitrogens is 2. The van der Waals surface area contributed by atoms with Crippen LogP contribution in [0.3, 0.4) is 0 Å². The summed E-state index contributed by atoms with van der Waals surface area (Å²) in [5.41, 5.74) is 0.686. The van der Waals surface area contributed by atoms with Crippen molar-refractivity contribution in [3.63, 3.8) is 0 Å². The number of nitrogens with one attached hydrogen (secondary N) is 1. The summed E-state index contributed by atoms with van der Waals surface area (Å²) in [4.78, 5) is 16.7. The van der Waals surface area contributed by atoms with Gasteiger partial charge >= 0.3 is 0 Å². The highest BCUT2D eigenvalue weighted by atomic mass is 79.9. The lowest BCUT2D eigenvalue weighted by atomic mass is 10.3. The number of rotatable bonds is 5. The van der Waals surface area contributed by atoms with Crippen molar-refractivity contribution in [1.29, 1.82) is 0 Å². The molecule has 1 aliphatic heterocycles. The van der Waals surface area contributed by atoms with Gasteiger partial charge in [-0.15, -0.1) is 0 Å². The normalized spacial score (nSPS) is 17.4. The molecule has 0 amide bonds. The van der Waals surface area contributed by atoms with E-state index >= 15 is 0 Å². The summed E-state index contributed by atoms with van der Waals surface area (Å²) < 4.78 is 2.00. The SMILES string of the molecule is CCn1ncc(NCCN2CCN(C)CC2)c(Br)c1=O. The predicted octanol–water partition coefficient (Wildman–Crippen LogP) is 0.685. The lowest BCUT2D eigenvalue weighted by Gasteiger charge is -2.32. The largest absolute Gasteiger partial charge is 0.381 e. The average Bonchev–Trinajstić information content (AvgIpc) is 2.46. The number of halogens is 1. The van der Waals surface area contributed by atoms with E-state index in [-0.39, 0.29) is 5.56 Å². The van der Waals surface area contributed by atoms with Crippen molar-refractivity contribution in [2.75, 3.05) is 51.6 Å². The Morgan fingerprint density at radius 2 is 2.05 bits per heavy atom. The van der Waals surface area contributed by atoms with Crippen molar-refractivity contribution in [1.82, 2.24) is 19.6 Å². The molecule has 0 saturated carbocycles. The summed E-state index contributed by atoms with van der Waals surface area (Å²) in [5.74, 6) is 0. The molecule has 112 valence electrons. The molecule has 0 aromatic carbocycles. The van der Waals surface area contributed by atoms with E-state index < -0.39 is 0 Å². The molecule has 1 aromatic rings. The van der Waals surface area contributed by atoms with Crippen LogP contribution in [-0.4, -0.2) is 65.9 Å². The zero-order chi connectivity index (χ0) is 14.5. The molecule has 1 fully saturated rings. The second kappa shape index (κ2) is 7.19. The van der Waals surface area contributed by atoms with Crippen LogP contribution in [0.4, 0.5) is 5.69 Å². The van der Waals surface area contributed by atoms with Gasteiger partial charge in [-0.25, -0.2) is 4.68 Å². The van der Waals surface area contributed by atoms with Crippen LogP contribution in [0.2, 0.25) is 0 Å². The highest BCUT2D eigenvalue weighted by Gasteiger charge is 2.13. The molecule has 1 aliphatic rings. The van der Waals surface area contributed by atoms with Gasteiger partial charge in [-0.05, 0) is 29.9 Å². The van der Waals surface area contributed by atoms with E-state index in [9.17, 15) is 4.79 Å². The third-order valence-corrected chi connectivity index (χ3v) is 4.39. The second-order valence-electron chi connectivity index (χ2n) is 5.06. The molecule has 0 bridgehead atoms. The van der Waals surface area contributed by atoms with Crippen LogP contribution >= 0.6 is 15.9 Å². The van der Waals surface area contributed by atoms with Crippen LogP contribution in [0.25, 0.3) is 0 Å². The van der Waals surface area contributed by atoms with Gasteiger partial charge in [-0.1, -0.05) is 0 Å². The van der Waals surface area contributed by atoms with E-state index in [0.717, 1.165) is 45.0 Å². The third kappa shape index (κ3) is 3.80. The van der Waals surface area contributed by atoms with Gasteiger partial charge in [0.25, 0.3) is 5.56 Å². The zero-order valence-corrected chi connectivity index (χ0v) is 13.7. The van der Waals surface area contributed by atoms with Crippen LogP contribution in [0, 0.1) is 0 Å². The number of hydrogen-bond donors (Lipinski definition) is 1. The first-order chi connectivity index (χ1) is 9.61. The van der Waals surface area contributed by atoms with E-state index in [4.69, 9.17) is 0 Å². The Hall–Kier alpha value is -0.920. The standard InChI is InChI=1S/C13H22BrN5O/c1-3-19-13(20)12(14)11(10-16-19)15-4-5-18-8-6-17(2)7-9-18/h10,15H,3-9H2,1-2H3. The molecule has 1 saturated heterocycles. The number of likely N-dealkylation sites (N-methyl/N-ethyl adjacent to an activating group) is 1. The van der Waals surface area contributed by atoms with Gasteiger partial charge in [0, 0.05) is 45.8 Å². The number of nitrogens with zero attached hydrogens (tertiary/aromatic N) is 4. The van der Waals surface area contributed by atoms with Crippen LogP contribution < -0.4 is 10.9 Å². The van der Waals surface area contributed by atoms with Crippen LogP contribution in [0.1, 0.15) is 6.92 Å². The van der Waals surface area contributed by atoms with Crippen molar-refractivity contribution in [3.05, 3.63) is 21.0 Å². The van der Waals surface area contributed by atoms with Gasteiger partial charge in [0.05, 0.1) is 11.9 Å². The highest BCUT2D eigenvalue weighted by Crippen LogP contribution is 2.15. The van der Waals surface area contributed by atoms with Crippen LogP contribution in [0.5, 0.6) is 0 Å². The maximum Gasteiger partial charge on any atom is 0.283 e. The monoisotopic (exact) mass is 343 g/mol. The topological polar surface area (TPSA) is 53.4 Å². The van der Waals surface area contributed by atoms with Gasteiger partial charge in [-0.3, -0.25) is 9.69 Å². The average molecular weight is 344 g/mol. The van der Waals surface area contributed by atoms with E-state index in [1.54, 1.807) is 6.20 Å². The minimum atomic E-state index is -0.0860. The zero-order valence-electron chi connectivity index (χ0n) is 12.1. The van der Waals surface area contributed by atoms with E-state index in [2.05, 4.69) is 43.2 Å². The molecule has 7 heteroatoms. The lowest BCUT2D eigenvalue weighted by Crippen LogP contribution is -2.45. The molecule has 0 radical (unpaired) electrons. The molecule has 1 N–H and O–H groups in total. The van der Waals surface area contributed by atoms with Crippen LogP contribution in [-0.2, 0) is 6.54 Å². The molecule has 2 rings (SSSR count). The van der Waals surface area contributed by atoms with Gasteiger partial charge < -0.3 is 10.2 Å². The van der Waals surface area contributed by atoms with Gasteiger partial charge in [-0.2, -0.15) is 5.10 Å². The fourth-order valence-corrected chi connectivity index (χ4v) is 2.68. The fourth-order valence-electron chi connectivity index (χ4n) is 2.23. The number of anilines is 1. The third-order valence-electron chi connectivity index (χ3n) is 3.62. The number of aryl methyl sites for hydroxylation is 1. The molecule has 20 heavy (non-hydrogen) atoms. The minimum Gasteiger partial charge on any atom is -0.381 e. The Labute approximate surface area is 127 Å². The molecule has 2 heterocycles. The number of hydrogen-bond acceptors (Lipinski definition) is 5. The van der Waals surface area contributed by atoms with Crippen molar-refractivity contribution < 1.29 is 0 Å². The Bertz CT molecular complexity index is 496. The van der Waals surface area contributed by atoms with Gasteiger partial charge in [0.15, 0.2) is 0 Å². The first-order valence-corrected chi connectivity index (χ1v) is 7.81. The summed E-state index contributed by atoms with van der Waals surface area (Å²) >= 11 is 3.35. The number of piperazine rings is 1. The van der Waals surface area contributed by atoms with Crippen molar-refractivity contribution in [2.24, 2.45) is 0 Å². The summed E-state index contributed by atoms with van der Waals surface area (Å²) in [6.45, 7) is 8.75. The molecule has 6 nitrogen and oxygen atoms in total. The summed E-state index contributed by atoms with van der Waals surface area (Å²) in [5, 5.41) is 7.41.